The predicted octanol–water partition coefficient (Wildman–Crippen LogP) is 9.69. The van der Waals surface area contributed by atoms with Gasteiger partial charge in [-0.25, -0.2) is 0 Å². The standard InChI is InChI=1S/C36H23N3O/c1-3-12-26-24(10-1)18-20-32-35(26)39(36-27-13-4-2-11-25(27)19-21-33(36)40-32)34-28(30-16-5-7-22-37-30)14-9-15-29(34)31-17-6-8-23-38-31/h1-23H. The number of para-hydroxylation sites is 1. The van der Waals surface area contributed by atoms with Crippen LogP contribution >= 0.6 is 0 Å². The van der Waals surface area contributed by atoms with Crippen molar-refractivity contribution in [3.05, 3.63) is 140 Å². The zero-order valence-electron chi connectivity index (χ0n) is 21.5. The molecule has 0 saturated heterocycles. The maximum absolute atomic E-state index is 6.66. The van der Waals surface area contributed by atoms with E-state index in [1.807, 2.05) is 36.7 Å². The third kappa shape index (κ3) is 3.47. The van der Waals surface area contributed by atoms with Crippen LogP contribution < -0.4 is 9.64 Å². The normalized spacial score (nSPS) is 12.2. The van der Waals surface area contributed by atoms with Crippen LogP contribution in [0.2, 0.25) is 0 Å². The Bertz CT molecular complexity index is 1890. The van der Waals surface area contributed by atoms with E-state index in [-0.39, 0.29) is 0 Å². The summed E-state index contributed by atoms with van der Waals surface area (Å²) in [7, 11) is 0. The Morgan fingerprint density at radius 3 is 1.43 bits per heavy atom. The first kappa shape index (κ1) is 22.5. The van der Waals surface area contributed by atoms with Crippen molar-refractivity contribution in [2.75, 3.05) is 4.90 Å². The van der Waals surface area contributed by atoms with Gasteiger partial charge in [0.1, 0.15) is 0 Å². The molecule has 3 heterocycles. The Morgan fingerprint density at radius 2 is 0.925 bits per heavy atom. The fourth-order valence-corrected chi connectivity index (χ4v) is 5.79. The van der Waals surface area contributed by atoms with Crippen molar-refractivity contribution >= 4 is 38.6 Å². The van der Waals surface area contributed by atoms with E-state index in [9.17, 15) is 0 Å². The number of hydrogen-bond acceptors (Lipinski definition) is 4. The van der Waals surface area contributed by atoms with E-state index >= 15 is 0 Å². The monoisotopic (exact) mass is 513 g/mol. The van der Waals surface area contributed by atoms with Crippen LogP contribution in [-0.4, -0.2) is 9.97 Å². The second kappa shape index (κ2) is 9.07. The van der Waals surface area contributed by atoms with E-state index in [1.165, 1.54) is 0 Å². The summed E-state index contributed by atoms with van der Waals surface area (Å²) in [5, 5.41) is 4.52. The van der Waals surface area contributed by atoms with E-state index in [2.05, 4.69) is 108 Å². The highest BCUT2D eigenvalue weighted by Crippen LogP contribution is 2.58. The summed E-state index contributed by atoms with van der Waals surface area (Å²) in [6, 6.07) is 43.9. The van der Waals surface area contributed by atoms with Crippen LogP contribution in [0.3, 0.4) is 0 Å². The summed E-state index contributed by atoms with van der Waals surface area (Å²) in [5.74, 6) is 1.62. The molecule has 0 amide bonds. The minimum absolute atomic E-state index is 0.810. The number of ether oxygens (including phenoxy) is 1. The summed E-state index contributed by atoms with van der Waals surface area (Å²) >= 11 is 0. The first-order valence-electron chi connectivity index (χ1n) is 13.3. The molecule has 2 aromatic heterocycles. The predicted molar refractivity (Wildman–Crippen MR) is 163 cm³/mol. The molecule has 40 heavy (non-hydrogen) atoms. The molecule has 0 saturated carbocycles. The number of rotatable bonds is 3. The number of fused-ring (bicyclic) bond motifs is 6. The lowest BCUT2D eigenvalue weighted by Gasteiger charge is -2.37. The fraction of sp³-hybridized carbons (Fsp3) is 0. The number of nitrogens with zero attached hydrogens (tertiary/aromatic N) is 3. The van der Waals surface area contributed by atoms with Crippen molar-refractivity contribution < 1.29 is 4.74 Å². The van der Waals surface area contributed by atoms with Gasteiger partial charge in [0.25, 0.3) is 0 Å². The molecule has 8 rings (SSSR count). The van der Waals surface area contributed by atoms with Crippen molar-refractivity contribution in [2.45, 2.75) is 0 Å². The molecule has 1 aliphatic rings. The van der Waals surface area contributed by atoms with Gasteiger partial charge in [-0.1, -0.05) is 91.0 Å². The van der Waals surface area contributed by atoms with Crippen molar-refractivity contribution in [3.8, 4) is 34.0 Å². The third-order valence-corrected chi connectivity index (χ3v) is 7.54. The van der Waals surface area contributed by atoms with Gasteiger partial charge in [0, 0.05) is 34.3 Å². The third-order valence-electron chi connectivity index (χ3n) is 7.54. The molecule has 1 aliphatic heterocycles. The van der Waals surface area contributed by atoms with Gasteiger partial charge in [0.2, 0.25) is 0 Å². The second-order valence-corrected chi connectivity index (χ2v) is 9.84. The summed E-state index contributed by atoms with van der Waals surface area (Å²) in [6.45, 7) is 0. The summed E-state index contributed by atoms with van der Waals surface area (Å²) < 4.78 is 6.66. The molecule has 0 radical (unpaired) electrons. The van der Waals surface area contributed by atoms with Gasteiger partial charge in [0.05, 0.1) is 28.5 Å². The molecule has 0 fully saturated rings. The van der Waals surface area contributed by atoms with Gasteiger partial charge in [-0.15, -0.1) is 0 Å². The molecule has 0 aliphatic carbocycles. The van der Waals surface area contributed by atoms with Crippen molar-refractivity contribution in [2.24, 2.45) is 0 Å². The van der Waals surface area contributed by atoms with Crippen LogP contribution in [0.25, 0.3) is 44.1 Å². The maximum atomic E-state index is 6.66. The minimum atomic E-state index is 0.810. The zero-order chi connectivity index (χ0) is 26.5. The fourth-order valence-electron chi connectivity index (χ4n) is 5.79. The van der Waals surface area contributed by atoms with Gasteiger partial charge in [0.15, 0.2) is 11.5 Å². The molecule has 0 atom stereocenters. The lowest BCUT2D eigenvalue weighted by Crippen LogP contribution is -2.18. The topological polar surface area (TPSA) is 38.2 Å². The smallest absolute Gasteiger partial charge is 0.152 e. The molecule has 4 nitrogen and oxygen atoms in total. The highest BCUT2D eigenvalue weighted by atomic mass is 16.5. The van der Waals surface area contributed by atoms with Gasteiger partial charge >= 0.3 is 0 Å². The van der Waals surface area contributed by atoms with E-state index in [4.69, 9.17) is 14.7 Å². The van der Waals surface area contributed by atoms with E-state index in [0.717, 1.165) is 72.6 Å². The molecule has 7 aromatic rings. The Labute approximate surface area is 231 Å². The molecule has 188 valence electrons. The molecule has 0 bridgehead atoms. The molecule has 4 heteroatoms. The molecule has 0 N–H and O–H groups in total. The van der Waals surface area contributed by atoms with Crippen LogP contribution in [0.1, 0.15) is 0 Å². The summed E-state index contributed by atoms with van der Waals surface area (Å²) in [4.78, 5) is 12.0. The number of benzene rings is 5. The van der Waals surface area contributed by atoms with E-state index in [0.29, 0.717) is 0 Å². The Balaban J connectivity index is 1.57. The Morgan fingerprint density at radius 1 is 0.425 bits per heavy atom. The molecule has 0 spiro atoms. The maximum Gasteiger partial charge on any atom is 0.152 e. The second-order valence-electron chi connectivity index (χ2n) is 9.84. The van der Waals surface area contributed by atoms with Gasteiger partial charge in [-0.05, 0) is 47.2 Å². The average molecular weight is 514 g/mol. The van der Waals surface area contributed by atoms with Gasteiger partial charge in [-0.2, -0.15) is 0 Å². The number of hydrogen-bond donors (Lipinski definition) is 0. The molecular formula is C36H23N3O. The van der Waals surface area contributed by atoms with Crippen LogP contribution in [0.4, 0.5) is 17.1 Å². The largest absolute Gasteiger partial charge is 0.453 e. The number of aromatic nitrogens is 2. The Hall–Kier alpha value is -5.48. The van der Waals surface area contributed by atoms with Crippen molar-refractivity contribution in [1.82, 2.24) is 9.97 Å². The quantitative estimate of drug-likeness (QED) is 0.236. The van der Waals surface area contributed by atoms with Gasteiger partial charge in [-0.3, -0.25) is 9.97 Å². The molecule has 5 aromatic carbocycles. The lowest BCUT2D eigenvalue weighted by molar-refractivity contribution is 0.479. The van der Waals surface area contributed by atoms with E-state index in [1.54, 1.807) is 0 Å². The minimum Gasteiger partial charge on any atom is -0.453 e. The first-order chi connectivity index (χ1) is 19.9. The molecular weight excluding hydrogens is 490 g/mol. The zero-order valence-corrected chi connectivity index (χ0v) is 21.5. The Kier molecular flexibility index (Phi) is 5.10. The van der Waals surface area contributed by atoms with E-state index < -0.39 is 0 Å². The SMILES string of the molecule is c1ccc(-c2cccc(-c3ccccn3)c2N2c3c(ccc4ccccc34)Oc3ccc4ccccc4c32)nc1. The number of pyridine rings is 2. The van der Waals surface area contributed by atoms with Crippen LogP contribution in [0.5, 0.6) is 11.5 Å². The van der Waals surface area contributed by atoms with Crippen molar-refractivity contribution in [1.29, 1.82) is 0 Å². The van der Waals surface area contributed by atoms with Crippen LogP contribution in [0.15, 0.2) is 140 Å². The summed E-state index contributed by atoms with van der Waals surface area (Å²) in [6.07, 6.45) is 3.69. The van der Waals surface area contributed by atoms with Gasteiger partial charge < -0.3 is 9.64 Å². The van der Waals surface area contributed by atoms with Crippen LogP contribution in [0, 0.1) is 0 Å². The highest BCUT2D eigenvalue weighted by Gasteiger charge is 2.33. The van der Waals surface area contributed by atoms with Crippen molar-refractivity contribution in [3.63, 3.8) is 0 Å². The number of anilines is 3. The lowest BCUT2D eigenvalue weighted by atomic mass is 9.95. The first-order valence-corrected chi connectivity index (χ1v) is 13.3. The average Bonchev–Trinajstić information content (AvgIpc) is 3.04. The molecule has 0 unspecified atom stereocenters. The highest BCUT2D eigenvalue weighted by molar-refractivity contribution is 6.13. The summed E-state index contributed by atoms with van der Waals surface area (Å²) in [5.41, 5.74) is 6.84. The van der Waals surface area contributed by atoms with Crippen LogP contribution in [-0.2, 0) is 0 Å².